The van der Waals surface area contributed by atoms with Crippen molar-refractivity contribution >= 4 is 28.2 Å². The SMILES string of the molecule is CCCCn1ccnc1C(=O)c1ccc(S(=O)(=O)N2CCOCC2)cc1.Cl. The largest absolute Gasteiger partial charge is 0.379 e. The summed E-state index contributed by atoms with van der Waals surface area (Å²) in [6.07, 6.45) is 5.40. The maximum Gasteiger partial charge on any atom is 0.243 e. The molecule has 0 bridgehead atoms. The first kappa shape index (κ1) is 21.6. The Balaban J connectivity index is 0.00000261. The molecular weight excluding hydrogens is 390 g/mol. The molecule has 2 heterocycles. The van der Waals surface area contributed by atoms with Crippen molar-refractivity contribution in [3.05, 3.63) is 48.0 Å². The summed E-state index contributed by atoms with van der Waals surface area (Å²) >= 11 is 0. The Kier molecular flexibility index (Phi) is 7.55. The molecule has 1 fully saturated rings. The van der Waals surface area contributed by atoms with E-state index < -0.39 is 10.0 Å². The summed E-state index contributed by atoms with van der Waals surface area (Å²) in [6, 6.07) is 6.07. The van der Waals surface area contributed by atoms with Gasteiger partial charge >= 0.3 is 0 Å². The maximum absolute atomic E-state index is 12.7. The number of halogens is 1. The van der Waals surface area contributed by atoms with Gasteiger partial charge < -0.3 is 9.30 Å². The van der Waals surface area contributed by atoms with Crippen LogP contribution in [-0.4, -0.2) is 54.4 Å². The molecule has 148 valence electrons. The van der Waals surface area contributed by atoms with Gasteiger partial charge in [0.15, 0.2) is 5.82 Å². The van der Waals surface area contributed by atoms with E-state index in [-0.39, 0.29) is 23.1 Å². The fraction of sp³-hybridized carbons (Fsp3) is 0.444. The molecule has 0 unspecified atom stereocenters. The van der Waals surface area contributed by atoms with Crippen LogP contribution in [0, 0.1) is 0 Å². The van der Waals surface area contributed by atoms with Gasteiger partial charge in [-0.3, -0.25) is 4.79 Å². The monoisotopic (exact) mass is 413 g/mol. The summed E-state index contributed by atoms with van der Waals surface area (Å²) in [7, 11) is -3.56. The summed E-state index contributed by atoms with van der Waals surface area (Å²) in [4.78, 5) is 17.0. The number of ether oxygens (including phenoxy) is 1. The molecular formula is C18H24ClN3O4S. The van der Waals surface area contributed by atoms with E-state index >= 15 is 0 Å². The van der Waals surface area contributed by atoms with Gasteiger partial charge in [0.1, 0.15) is 0 Å². The third-order valence-corrected chi connectivity index (χ3v) is 6.31. The molecule has 1 aliphatic rings. The molecule has 0 saturated carbocycles. The lowest BCUT2D eigenvalue weighted by atomic mass is 10.1. The average Bonchev–Trinajstić information content (AvgIpc) is 3.15. The van der Waals surface area contributed by atoms with Crippen LogP contribution in [0.1, 0.15) is 35.9 Å². The van der Waals surface area contributed by atoms with E-state index in [1.807, 2.05) is 4.57 Å². The van der Waals surface area contributed by atoms with Gasteiger partial charge in [-0.2, -0.15) is 4.31 Å². The Bertz CT molecular complexity index is 859. The summed E-state index contributed by atoms with van der Waals surface area (Å²) in [6.45, 7) is 4.31. The summed E-state index contributed by atoms with van der Waals surface area (Å²) in [5.74, 6) is 0.170. The third-order valence-electron chi connectivity index (χ3n) is 4.40. The highest BCUT2D eigenvalue weighted by Gasteiger charge is 2.26. The Morgan fingerprint density at radius 2 is 1.85 bits per heavy atom. The number of rotatable bonds is 7. The molecule has 0 radical (unpaired) electrons. The van der Waals surface area contributed by atoms with Gasteiger partial charge in [-0.15, -0.1) is 12.4 Å². The minimum atomic E-state index is -3.56. The van der Waals surface area contributed by atoms with Crippen molar-refractivity contribution in [3.8, 4) is 0 Å². The van der Waals surface area contributed by atoms with E-state index in [9.17, 15) is 13.2 Å². The number of hydrogen-bond acceptors (Lipinski definition) is 5. The normalized spacial score (nSPS) is 15.3. The van der Waals surface area contributed by atoms with Crippen LogP contribution in [0.5, 0.6) is 0 Å². The number of sulfonamides is 1. The van der Waals surface area contributed by atoms with E-state index in [4.69, 9.17) is 4.74 Å². The topological polar surface area (TPSA) is 81.5 Å². The number of carbonyl (C=O) groups is 1. The van der Waals surface area contributed by atoms with Crippen molar-refractivity contribution in [2.75, 3.05) is 26.3 Å². The lowest BCUT2D eigenvalue weighted by Gasteiger charge is -2.26. The molecule has 2 aromatic rings. The second-order valence-electron chi connectivity index (χ2n) is 6.17. The van der Waals surface area contributed by atoms with Crippen LogP contribution in [-0.2, 0) is 21.3 Å². The van der Waals surface area contributed by atoms with Crippen molar-refractivity contribution in [3.63, 3.8) is 0 Å². The van der Waals surface area contributed by atoms with Gasteiger partial charge in [-0.1, -0.05) is 13.3 Å². The van der Waals surface area contributed by atoms with Crippen molar-refractivity contribution in [1.82, 2.24) is 13.9 Å². The number of morpholine rings is 1. The Morgan fingerprint density at radius 1 is 1.19 bits per heavy atom. The van der Waals surface area contributed by atoms with Crippen LogP contribution in [0.2, 0.25) is 0 Å². The van der Waals surface area contributed by atoms with E-state index in [1.165, 1.54) is 16.4 Å². The second kappa shape index (κ2) is 9.45. The van der Waals surface area contributed by atoms with Crippen molar-refractivity contribution in [2.24, 2.45) is 0 Å². The molecule has 3 rings (SSSR count). The quantitative estimate of drug-likeness (QED) is 0.651. The van der Waals surface area contributed by atoms with Crippen LogP contribution in [0.15, 0.2) is 41.6 Å². The molecule has 0 spiro atoms. The molecule has 1 aromatic heterocycles. The number of hydrogen-bond donors (Lipinski definition) is 0. The number of carbonyl (C=O) groups excluding carboxylic acids is 1. The molecule has 0 atom stereocenters. The van der Waals surface area contributed by atoms with Crippen LogP contribution < -0.4 is 0 Å². The smallest absolute Gasteiger partial charge is 0.243 e. The number of aryl methyl sites for hydroxylation is 1. The van der Waals surface area contributed by atoms with Gasteiger partial charge in [-0.05, 0) is 30.7 Å². The number of unbranched alkanes of at least 4 members (excludes halogenated alkanes) is 1. The standard InChI is InChI=1S/C18H23N3O4S.ClH/c1-2-3-9-20-10-8-19-18(20)17(22)15-4-6-16(7-5-15)26(23,24)21-11-13-25-14-12-21;/h4-8,10H,2-3,9,11-14H2,1H3;1H. The van der Waals surface area contributed by atoms with Crippen LogP contribution in [0.25, 0.3) is 0 Å². The van der Waals surface area contributed by atoms with Gasteiger partial charge in [-0.25, -0.2) is 13.4 Å². The van der Waals surface area contributed by atoms with Crippen LogP contribution >= 0.6 is 12.4 Å². The predicted octanol–water partition coefficient (Wildman–Crippen LogP) is 2.36. The molecule has 1 aliphatic heterocycles. The number of ketones is 1. The summed E-state index contributed by atoms with van der Waals surface area (Å²) < 4.78 is 33.7. The zero-order valence-corrected chi connectivity index (χ0v) is 16.8. The fourth-order valence-electron chi connectivity index (χ4n) is 2.87. The minimum Gasteiger partial charge on any atom is -0.379 e. The lowest BCUT2D eigenvalue weighted by Crippen LogP contribution is -2.40. The van der Waals surface area contributed by atoms with E-state index in [1.54, 1.807) is 24.5 Å². The van der Waals surface area contributed by atoms with Crippen molar-refractivity contribution < 1.29 is 17.9 Å². The van der Waals surface area contributed by atoms with Gasteiger partial charge in [0, 0.05) is 37.6 Å². The molecule has 7 nitrogen and oxygen atoms in total. The average molecular weight is 414 g/mol. The molecule has 1 saturated heterocycles. The highest BCUT2D eigenvalue weighted by molar-refractivity contribution is 7.89. The second-order valence-corrected chi connectivity index (χ2v) is 8.11. The Labute approximate surface area is 165 Å². The summed E-state index contributed by atoms with van der Waals surface area (Å²) in [5, 5.41) is 0. The first-order valence-electron chi connectivity index (χ1n) is 8.78. The lowest BCUT2D eigenvalue weighted by molar-refractivity contribution is 0.0730. The number of benzene rings is 1. The molecule has 1 aromatic carbocycles. The van der Waals surface area contributed by atoms with E-state index in [0.717, 1.165) is 19.4 Å². The number of aromatic nitrogens is 2. The van der Waals surface area contributed by atoms with E-state index in [2.05, 4.69) is 11.9 Å². The molecule has 0 amide bonds. The van der Waals surface area contributed by atoms with E-state index in [0.29, 0.717) is 37.7 Å². The molecule has 0 aliphatic carbocycles. The minimum absolute atomic E-state index is 0. The van der Waals surface area contributed by atoms with Crippen LogP contribution in [0.3, 0.4) is 0 Å². The number of nitrogens with zero attached hydrogens (tertiary/aromatic N) is 3. The van der Waals surface area contributed by atoms with Gasteiger partial charge in [0.25, 0.3) is 0 Å². The van der Waals surface area contributed by atoms with Gasteiger partial charge in [0.2, 0.25) is 15.8 Å². The zero-order chi connectivity index (χ0) is 18.6. The molecule has 0 N–H and O–H groups in total. The summed E-state index contributed by atoms with van der Waals surface area (Å²) in [5.41, 5.74) is 0.426. The molecule has 9 heteroatoms. The van der Waals surface area contributed by atoms with Crippen molar-refractivity contribution in [1.29, 1.82) is 0 Å². The van der Waals surface area contributed by atoms with Crippen LogP contribution in [0.4, 0.5) is 0 Å². The third kappa shape index (κ3) is 4.76. The first-order valence-corrected chi connectivity index (χ1v) is 10.2. The Morgan fingerprint density at radius 3 is 2.48 bits per heavy atom. The van der Waals surface area contributed by atoms with Crippen molar-refractivity contribution in [2.45, 2.75) is 31.2 Å². The first-order chi connectivity index (χ1) is 12.5. The highest BCUT2D eigenvalue weighted by atomic mass is 35.5. The zero-order valence-electron chi connectivity index (χ0n) is 15.2. The number of imidazole rings is 1. The predicted molar refractivity (Wildman–Crippen MR) is 104 cm³/mol. The molecule has 27 heavy (non-hydrogen) atoms. The maximum atomic E-state index is 12.7. The van der Waals surface area contributed by atoms with Gasteiger partial charge in [0.05, 0.1) is 18.1 Å². The fourth-order valence-corrected chi connectivity index (χ4v) is 4.28. The highest BCUT2D eigenvalue weighted by Crippen LogP contribution is 2.19. The Hall–Kier alpha value is -1.74.